The molecule has 0 bridgehead atoms. The molecular formula is C21H25N5S. The van der Waals surface area contributed by atoms with Crippen LogP contribution in [0.1, 0.15) is 5.56 Å². The van der Waals surface area contributed by atoms with Crippen LogP contribution < -0.4 is 16.0 Å². The maximum Gasteiger partial charge on any atom is 0.189 e. The minimum Gasteiger partial charge on any atom is -0.382 e. The number of hydrogen-bond donors (Lipinski definition) is 2. The summed E-state index contributed by atoms with van der Waals surface area (Å²) in [4.78, 5) is 10.3. The Morgan fingerprint density at radius 1 is 1.00 bits per heavy atom. The molecule has 2 aromatic carbocycles. The Balaban J connectivity index is 1.48. The topological polar surface area (TPSA) is 57.4 Å². The summed E-state index contributed by atoms with van der Waals surface area (Å²) in [6.45, 7) is 6.47. The molecule has 1 saturated heterocycles. The van der Waals surface area contributed by atoms with E-state index in [0.717, 1.165) is 47.4 Å². The molecule has 4 rings (SSSR count). The van der Waals surface area contributed by atoms with Crippen molar-refractivity contribution in [3.63, 3.8) is 0 Å². The van der Waals surface area contributed by atoms with Crippen molar-refractivity contribution in [3.05, 3.63) is 54.1 Å². The van der Waals surface area contributed by atoms with Gasteiger partial charge in [-0.25, -0.2) is 4.98 Å². The Hall–Kier alpha value is -2.57. The van der Waals surface area contributed by atoms with Gasteiger partial charge in [-0.15, -0.1) is 0 Å². The second-order valence-corrected chi connectivity index (χ2v) is 8.01. The lowest BCUT2D eigenvalue weighted by Gasteiger charge is -2.34. The van der Waals surface area contributed by atoms with Crippen LogP contribution in [-0.4, -0.2) is 43.1 Å². The third-order valence-electron chi connectivity index (χ3n) is 5.03. The number of nitrogens with two attached hydrogens (primary N) is 1. The van der Waals surface area contributed by atoms with E-state index in [1.807, 2.05) is 12.1 Å². The number of hydrogen-bond acceptors (Lipinski definition) is 6. The number of anilines is 4. The molecule has 3 aromatic rings. The number of benzene rings is 2. The highest BCUT2D eigenvalue weighted by Gasteiger charge is 2.15. The van der Waals surface area contributed by atoms with Crippen LogP contribution in [0.5, 0.6) is 0 Å². The van der Waals surface area contributed by atoms with E-state index >= 15 is 0 Å². The highest BCUT2D eigenvalue weighted by Crippen LogP contribution is 2.37. The van der Waals surface area contributed by atoms with Gasteiger partial charge in [0.2, 0.25) is 0 Å². The molecule has 27 heavy (non-hydrogen) atoms. The minimum absolute atomic E-state index is 0.575. The van der Waals surface area contributed by atoms with Crippen molar-refractivity contribution in [2.45, 2.75) is 6.92 Å². The van der Waals surface area contributed by atoms with Gasteiger partial charge in [-0.3, -0.25) is 0 Å². The third kappa shape index (κ3) is 3.91. The van der Waals surface area contributed by atoms with Gasteiger partial charge in [0.15, 0.2) is 5.13 Å². The summed E-state index contributed by atoms with van der Waals surface area (Å²) < 4.78 is 0. The smallest absolute Gasteiger partial charge is 0.189 e. The standard InChI is InChI=1S/C21H25N5S/c1-15-5-3-4-6-18(15)19-20(22)24-21(27-19)23-16-7-9-17(10-8-16)26-13-11-25(2)12-14-26/h3-10H,11-14,22H2,1-2H3,(H,23,24). The van der Waals surface area contributed by atoms with Crippen LogP contribution in [0.3, 0.4) is 0 Å². The summed E-state index contributed by atoms with van der Waals surface area (Å²) in [5.74, 6) is 0.575. The maximum absolute atomic E-state index is 6.18. The van der Waals surface area contributed by atoms with Crippen LogP contribution in [0.2, 0.25) is 0 Å². The highest BCUT2D eigenvalue weighted by atomic mass is 32.1. The average molecular weight is 380 g/mol. The molecule has 1 aliphatic heterocycles. The van der Waals surface area contributed by atoms with Gasteiger partial charge >= 0.3 is 0 Å². The molecule has 1 aliphatic rings. The predicted octanol–water partition coefficient (Wildman–Crippen LogP) is 4.20. The molecule has 1 aromatic heterocycles. The molecule has 0 amide bonds. The Morgan fingerprint density at radius 3 is 2.41 bits per heavy atom. The SMILES string of the molecule is Cc1ccccc1-c1sc(Nc2ccc(N3CCN(C)CC3)cc2)nc1N. The van der Waals surface area contributed by atoms with Crippen molar-refractivity contribution >= 4 is 33.7 Å². The molecule has 0 radical (unpaired) electrons. The van der Waals surface area contributed by atoms with Crippen LogP contribution >= 0.6 is 11.3 Å². The van der Waals surface area contributed by atoms with Gasteiger partial charge < -0.3 is 20.9 Å². The fourth-order valence-electron chi connectivity index (χ4n) is 3.35. The predicted molar refractivity (Wildman–Crippen MR) is 116 cm³/mol. The van der Waals surface area contributed by atoms with Gasteiger partial charge in [0, 0.05) is 37.6 Å². The summed E-state index contributed by atoms with van der Waals surface area (Å²) in [5.41, 5.74) is 10.8. The lowest BCUT2D eigenvalue weighted by molar-refractivity contribution is 0.313. The molecule has 0 atom stereocenters. The minimum atomic E-state index is 0.575. The first-order chi connectivity index (χ1) is 13.1. The summed E-state index contributed by atoms with van der Waals surface area (Å²) in [5, 5.41) is 4.21. The maximum atomic E-state index is 6.18. The van der Waals surface area contributed by atoms with Gasteiger partial charge in [0.1, 0.15) is 5.82 Å². The van der Waals surface area contributed by atoms with Crippen LogP contribution in [0, 0.1) is 6.92 Å². The van der Waals surface area contributed by atoms with Crippen LogP contribution in [0.25, 0.3) is 10.4 Å². The molecule has 5 nitrogen and oxygen atoms in total. The highest BCUT2D eigenvalue weighted by molar-refractivity contribution is 7.19. The molecular weight excluding hydrogens is 354 g/mol. The van der Waals surface area contributed by atoms with E-state index in [1.165, 1.54) is 11.3 Å². The average Bonchev–Trinajstić information content (AvgIpc) is 3.03. The Kier molecular flexibility index (Phi) is 5.01. The summed E-state index contributed by atoms with van der Waals surface area (Å²) in [7, 11) is 2.18. The van der Waals surface area contributed by atoms with E-state index in [2.05, 4.69) is 70.5 Å². The van der Waals surface area contributed by atoms with Crippen molar-refractivity contribution in [1.82, 2.24) is 9.88 Å². The number of thiazole rings is 1. The molecule has 6 heteroatoms. The molecule has 0 spiro atoms. The van der Waals surface area contributed by atoms with Crippen molar-refractivity contribution in [2.75, 3.05) is 49.2 Å². The third-order valence-corrected chi connectivity index (χ3v) is 6.05. The first-order valence-electron chi connectivity index (χ1n) is 9.23. The van der Waals surface area contributed by atoms with Crippen molar-refractivity contribution in [2.24, 2.45) is 0 Å². The Labute approximate surface area is 164 Å². The number of likely N-dealkylation sites (N-methyl/N-ethyl adjacent to an activating group) is 1. The van der Waals surface area contributed by atoms with Gasteiger partial charge in [0.25, 0.3) is 0 Å². The van der Waals surface area contributed by atoms with E-state index < -0.39 is 0 Å². The van der Waals surface area contributed by atoms with Crippen molar-refractivity contribution < 1.29 is 0 Å². The number of piperazine rings is 1. The molecule has 0 unspecified atom stereocenters. The number of nitrogens with zero attached hydrogens (tertiary/aromatic N) is 3. The fraction of sp³-hybridized carbons (Fsp3) is 0.286. The van der Waals surface area contributed by atoms with E-state index in [1.54, 1.807) is 11.3 Å². The van der Waals surface area contributed by atoms with Crippen LogP contribution in [0.4, 0.5) is 22.3 Å². The molecule has 0 aliphatic carbocycles. The molecule has 1 fully saturated rings. The van der Waals surface area contributed by atoms with Gasteiger partial charge in [-0.05, 0) is 49.4 Å². The normalized spacial score (nSPS) is 15.1. The van der Waals surface area contributed by atoms with E-state index in [4.69, 9.17) is 5.73 Å². The second kappa shape index (κ2) is 7.58. The quantitative estimate of drug-likeness (QED) is 0.712. The lowest BCUT2D eigenvalue weighted by atomic mass is 10.1. The molecule has 3 N–H and O–H groups in total. The van der Waals surface area contributed by atoms with E-state index in [-0.39, 0.29) is 0 Å². The molecule has 0 saturated carbocycles. The number of nitrogen functional groups attached to an aromatic ring is 1. The largest absolute Gasteiger partial charge is 0.382 e. The lowest BCUT2D eigenvalue weighted by Crippen LogP contribution is -2.44. The van der Waals surface area contributed by atoms with E-state index in [9.17, 15) is 0 Å². The zero-order valence-corrected chi connectivity index (χ0v) is 16.6. The number of aromatic nitrogens is 1. The Morgan fingerprint density at radius 2 is 1.70 bits per heavy atom. The summed E-state index contributed by atoms with van der Waals surface area (Å²) in [6, 6.07) is 16.8. The first kappa shape index (κ1) is 17.8. The van der Waals surface area contributed by atoms with E-state index in [0.29, 0.717) is 5.82 Å². The van der Waals surface area contributed by atoms with Crippen molar-refractivity contribution in [3.8, 4) is 10.4 Å². The summed E-state index contributed by atoms with van der Waals surface area (Å²) in [6.07, 6.45) is 0. The number of rotatable bonds is 4. The molecule has 2 heterocycles. The monoisotopic (exact) mass is 379 g/mol. The van der Waals surface area contributed by atoms with Gasteiger partial charge in [0.05, 0.1) is 4.88 Å². The zero-order chi connectivity index (χ0) is 18.8. The molecule has 140 valence electrons. The van der Waals surface area contributed by atoms with Gasteiger partial charge in [-0.2, -0.15) is 0 Å². The van der Waals surface area contributed by atoms with Gasteiger partial charge in [-0.1, -0.05) is 35.6 Å². The zero-order valence-electron chi connectivity index (χ0n) is 15.8. The first-order valence-corrected chi connectivity index (χ1v) is 10.0. The van der Waals surface area contributed by atoms with Crippen molar-refractivity contribution in [1.29, 1.82) is 0 Å². The number of nitrogens with one attached hydrogen (secondary N) is 1. The fourth-order valence-corrected chi connectivity index (χ4v) is 4.35. The van der Waals surface area contributed by atoms with Crippen LogP contribution in [0.15, 0.2) is 48.5 Å². The Bertz CT molecular complexity index is 911. The second-order valence-electron chi connectivity index (χ2n) is 7.01. The number of aryl methyl sites for hydroxylation is 1. The van der Waals surface area contributed by atoms with Crippen LogP contribution in [-0.2, 0) is 0 Å². The summed E-state index contributed by atoms with van der Waals surface area (Å²) >= 11 is 1.59.